The van der Waals surface area contributed by atoms with E-state index in [0.29, 0.717) is 28.0 Å². The zero-order valence-corrected chi connectivity index (χ0v) is 17.5. The number of likely N-dealkylation sites (N-methyl/N-ethyl adjacent to an activating group) is 1. The van der Waals surface area contributed by atoms with Gasteiger partial charge in [-0.3, -0.25) is 15.1 Å². The largest absolute Gasteiger partial charge is 0.367 e. The van der Waals surface area contributed by atoms with Gasteiger partial charge < -0.3 is 14.8 Å². The molecule has 32 heavy (non-hydrogen) atoms. The Kier molecular flexibility index (Phi) is 4.36. The van der Waals surface area contributed by atoms with Crippen molar-refractivity contribution in [3.05, 3.63) is 54.7 Å². The Hall–Kier alpha value is -3.85. The quantitative estimate of drug-likeness (QED) is 0.458. The van der Waals surface area contributed by atoms with Gasteiger partial charge in [-0.25, -0.2) is 9.37 Å². The van der Waals surface area contributed by atoms with E-state index in [2.05, 4.69) is 48.1 Å². The Balaban J connectivity index is 1.48. The summed E-state index contributed by atoms with van der Waals surface area (Å²) in [5, 5.41) is 7.62. The van der Waals surface area contributed by atoms with Crippen molar-refractivity contribution in [2.45, 2.75) is 0 Å². The Morgan fingerprint density at radius 1 is 0.969 bits per heavy atom. The lowest BCUT2D eigenvalue weighted by atomic mass is 10.1. The second-order valence-electron chi connectivity index (χ2n) is 8.07. The average Bonchev–Trinajstić information content (AvgIpc) is 3.45. The number of fused-ring (bicyclic) bond motifs is 2. The van der Waals surface area contributed by atoms with Crippen LogP contribution < -0.4 is 4.90 Å². The van der Waals surface area contributed by atoms with Gasteiger partial charge in [0.05, 0.1) is 28.3 Å². The number of pyridine rings is 2. The van der Waals surface area contributed by atoms with Crippen molar-refractivity contribution in [2.75, 3.05) is 38.1 Å². The molecule has 1 aromatic carbocycles. The number of H-pyrrole nitrogens is 2. The minimum atomic E-state index is -0.445. The van der Waals surface area contributed by atoms with Crippen molar-refractivity contribution < 1.29 is 4.39 Å². The normalized spacial score (nSPS) is 15.1. The zero-order valence-electron chi connectivity index (χ0n) is 17.5. The summed E-state index contributed by atoms with van der Waals surface area (Å²) in [5.74, 6) is 0.0778. The van der Waals surface area contributed by atoms with E-state index in [1.807, 2.05) is 12.1 Å². The van der Waals surface area contributed by atoms with E-state index >= 15 is 4.39 Å². The van der Waals surface area contributed by atoms with Gasteiger partial charge in [-0.2, -0.15) is 5.10 Å². The third kappa shape index (κ3) is 3.01. The minimum absolute atomic E-state index is 0.238. The average molecular weight is 428 g/mol. The highest BCUT2D eigenvalue weighted by molar-refractivity contribution is 5.97. The smallest absolute Gasteiger partial charge is 0.161 e. The Morgan fingerprint density at radius 3 is 2.66 bits per heavy atom. The molecule has 0 unspecified atom stereocenters. The highest BCUT2D eigenvalue weighted by atomic mass is 19.1. The number of aromatic amines is 2. The Morgan fingerprint density at radius 2 is 1.84 bits per heavy atom. The van der Waals surface area contributed by atoms with Crippen molar-refractivity contribution in [3.8, 4) is 22.8 Å². The van der Waals surface area contributed by atoms with Crippen LogP contribution in [0.4, 0.5) is 10.1 Å². The van der Waals surface area contributed by atoms with E-state index in [1.165, 1.54) is 0 Å². The summed E-state index contributed by atoms with van der Waals surface area (Å²) < 4.78 is 15.6. The summed E-state index contributed by atoms with van der Waals surface area (Å²) in [6, 6.07) is 9.64. The van der Waals surface area contributed by atoms with Crippen LogP contribution in [0.2, 0.25) is 0 Å². The van der Waals surface area contributed by atoms with Gasteiger partial charge in [-0.05, 0) is 31.3 Å². The predicted octanol–water partition coefficient (Wildman–Crippen LogP) is 3.45. The van der Waals surface area contributed by atoms with Crippen molar-refractivity contribution in [3.63, 3.8) is 0 Å². The highest BCUT2D eigenvalue weighted by Crippen LogP contribution is 2.34. The van der Waals surface area contributed by atoms with Gasteiger partial charge in [0.2, 0.25) is 0 Å². The number of benzene rings is 1. The van der Waals surface area contributed by atoms with Crippen molar-refractivity contribution in [2.24, 2.45) is 0 Å². The molecule has 1 fully saturated rings. The third-order valence-electron chi connectivity index (χ3n) is 6.04. The van der Waals surface area contributed by atoms with Crippen molar-refractivity contribution in [1.82, 2.24) is 35.0 Å². The maximum absolute atomic E-state index is 15.6. The third-order valence-corrected chi connectivity index (χ3v) is 6.04. The number of rotatable bonds is 3. The molecule has 0 radical (unpaired) electrons. The number of para-hydroxylation sites is 1. The maximum Gasteiger partial charge on any atom is 0.161 e. The molecule has 6 rings (SSSR count). The molecule has 1 aliphatic heterocycles. The number of halogens is 1. The van der Waals surface area contributed by atoms with Gasteiger partial charge >= 0.3 is 0 Å². The number of nitrogens with zero attached hydrogens (tertiary/aromatic N) is 6. The molecular formula is C23H21FN8. The summed E-state index contributed by atoms with van der Waals surface area (Å²) >= 11 is 0. The van der Waals surface area contributed by atoms with Gasteiger partial charge in [0.1, 0.15) is 16.9 Å². The van der Waals surface area contributed by atoms with E-state index in [0.717, 1.165) is 42.9 Å². The summed E-state index contributed by atoms with van der Waals surface area (Å²) in [4.78, 5) is 21.2. The van der Waals surface area contributed by atoms with Gasteiger partial charge in [0.15, 0.2) is 11.6 Å². The zero-order chi connectivity index (χ0) is 21.7. The van der Waals surface area contributed by atoms with Gasteiger partial charge in [0, 0.05) is 44.1 Å². The number of hydrogen-bond acceptors (Lipinski definition) is 6. The summed E-state index contributed by atoms with van der Waals surface area (Å²) in [7, 11) is 2.14. The van der Waals surface area contributed by atoms with Crippen molar-refractivity contribution >= 4 is 27.6 Å². The molecule has 0 spiro atoms. The molecule has 0 amide bonds. The van der Waals surface area contributed by atoms with E-state index in [-0.39, 0.29) is 5.69 Å². The van der Waals surface area contributed by atoms with E-state index in [9.17, 15) is 0 Å². The molecule has 8 nitrogen and oxygen atoms in total. The van der Waals surface area contributed by atoms with Crippen LogP contribution in [0.3, 0.4) is 0 Å². The van der Waals surface area contributed by atoms with Gasteiger partial charge in [0.25, 0.3) is 0 Å². The predicted molar refractivity (Wildman–Crippen MR) is 122 cm³/mol. The molecule has 1 saturated heterocycles. The van der Waals surface area contributed by atoms with Crippen LogP contribution in [0.1, 0.15) is 0 Å². The number of imidazole rings is 1. The lowest BCUT2D eigenvalue weighted by molar-refractivity contribution is 0.313. The molecule has 0 atom stereocenters. The molecule has 2 N–H and O–H groups in total. The highest BCUT2D eigenvalue weighted by Gasteiger charge is 2.22. The number of piperazine rings is 1. The first-order chi connectivity index (χ1) is 15.7. The van der Waals surface area contributed by atoms with E-state index < -0.39 is 5.82 Å². The van der Waals surface area contributed by atoms with Crippen LogP contribution in [-0.2, 0) is 0 Å². The molecule has 5 aromatic rings. The first kappa shape index (κ1) is 18.9. The molecule has 0 bridgehead atoms. The molecular weight excluding hydrogens is 407 g/mol. The van der Waals surface area contributed by atoms with Crippen LogP contribution in [-0.4, -0.2) is 68.3 Å². The fraction of sp³-hybridized carbons (Fsp3) is 0.217. The first-order valence-corrected chi connectivity index (χ1v) is 10.5. The molecule has 4 aromatic heterocycles. The van der Waals surface area contributed by atoms with E-state index in [1.54, 1.807) is 30.7 Å². The van der Waals surface area contributed by atoms with Gasteiger partial charge in [-0.1, -0.05) is 6.07 Å². The lowest BCUT2D eigenvalue weighted by Crippen LogP contribution is -2.44. The van der Waals surface area contributed by atoms with Crippen LogP contribution >= 0.6 is 0 Å². The maximum atomic E-state index is 15.6. The number of nitrogens with one attached hydrogen (secondary N) is 2. The number of aromatic nitrogens is 6. The molecule has 1 aliphatic rings. The fourth-order valence-corrected chi connectivity index (χ4v) is 4.28. The topological polar surface area (TPSA) is 89.6 Å². The molecule has 5 heterocycles. The summed E-state index contributed by atoms with van der Waals surface area (Å²) in [6.07, 6.45) is 4.84. The molecule has 0 saturated carbocycles. The van der Waals surface area contributed by atoms with Crippen LogP contribution in [0, 0.1) is 5.82 Å². The second-order valence-corrected chi connectivity index (χ2v) is 8.07. The monoisotopic (exact) mass is 428 g/mol. The second kappa shape index (κ2) is 7.38. The van der Waals surface area contributed by atoms with E-state index in [4.69, 9.17) is 4.98 Å². The first-order valence-electron chi connectivity index (χ1n) is 10.5. The van der Waals surface area contributed by atoms with Crippen LogP contribution in [0.25, 0.3) is 44.7 Å². The Labute approximate surface area is 183 Å². The fourth-order valence-electron chi connectivity index (χ4n) is 4.28. The minimum Gasteiger partial charge on any atom is -0.367 e. The summed E-state index contributed by atoms with van der Waals surface area (Å²) in [5.41, 5.74) is 4.65. The summed E-state index contributed by atoms with van der Waals surface area (Å²) in [6.45, 7) is 3.90. The molecule has 0 aliphatic carbocycles. The van der Waals surface area contributed by atoms with Gasteiger partial charge in [-0.15, -0.1) is 0 Å². The number of anilines is 1. The molecule has 160 valence electrons. The Bertz CT molecular complexity index is 1420. The lowest BCUT2D eigenvalue weighted by Gasteiger charge is -2.34. The number of hydrogen-bond donors (Lipinski definition) is 2. The standard InChI is InChI=1S/C23H21FN8/c1-31-8-10-32(11-9-31)17-6-2-5-15-21(17)28-23(27-15)22-18-16(29-30-22)13-26-20(19(18)24)14-4-3-7-25-12-14/h2-7,12-13H,8-11H2,1H3,(H,27,28)(H,29,30). The van der Waals surface area contributed by atoms with Crippen LogP contribution in [0.15, 0.2) is 48.9 Å². The SMILES string of the molecule is CN1CCN(c2cccc3[nH]c(-c4n[nH]c5cnc(-c6cccnc6)c(F)c45)nc23)CC1. The van der Waals surface area contributed by atoms with Crippen molar-refractivity contribution in [1.29, 1.82) is 0 Å². The van der Waals surface area contributed by atoms with Crippen LogP contribution in [0.5, 0.6) is 0 Å². The molecule has 9 heteroatoms.